The molecule has 1 aromatic carbocycles. The number of hydrogen-bond donors (Lipinski definition) is 2. The minimum Gasteiger partial charge on any atom is -0.324 e. The van der Waals surface area contributed by atoms with Crippen LogP contribution < -0.4 is 10.0 Å². The Kier molecular flexibility index (Phi) is 2.38. The topological polar surface area (TPSA) is 70.6 Å². The largest absolute Gasteiger partial charge is 0.324 e. The number of hydrogen-bond acceptors (Lipinski definition) is 3. The van der Waals surface area contributed by atoms with Crippen molar-refractivity contribution in [1.82, 2.24) is 4.72 Å². The highest BCUT2D eigenvalue weighted by atomic mass is 32.2. The van der Waals surface area contributed by atoms with E-state index in [4.69, 9.17) is 0 Å². The van der Waals surface area contributed by atoms with E-state index in [2.05, 4.69) is 15.0 Å². The molecule has 0 spiro atoms. The number of guanidine groups is 1. The van der Waals surface area contributed by atoms with Crippen LogP contribution in [0.4, 0.5) is 5.69 Å². The predicted octanol–water partition coefficient (Wildman–Crippen LogP) is 0.993. The van der Waals surface area contributed by atoms with Crippen LogP contribution in [-0.4, -0.2) is 21.4 Å². The number of benzene rings is 1. The van der Waals surface area contributed by atoms with Gasteiger partial charge in [0.2, 0.25) is 5.96 Å². The summed E-state index contributed by atoms with van der Waals surface area (Å²) in [5.74, 6) is 0.248. The van der Waals surface area contributed by atoms with Gasteiger partial charge in [-0.3, -0.25) is 4.99 Å². The number of nitrogens with one attached hydrogen (secondary N) is 2. The van der Waals surface area contributed by atoms with E-state index in [9.17, 15) is 8.42 Å². The Morgan fingerprint density at radius 3 is 2.56 bits per heavy atom. The van der Waals surface area contributed by atoms with Gasteiger partial charge in [-0.1, -0.05) is 6.07 Å². The van der Waals surface area contributed by atoms with E-state index in [1.54, 1.807) is 13.0 Å². The Hall–Kier alpha value is -1.56. The van der Waals surface area contributed by atoms with E-state index in [1.165, 1.54) is 7.05 Å². The normalized spacial score (nSPS) is 19.8. The Morgan fingerprint density at radius 2 is 1.94 bits per heavy atom. The number of aliphatic imine (C=N–C) groups is 1. The van der Waals surface area contributed by atoms with Gasteiger partial charge in [-0.2, -0.15) is 0 Å². The first-order chi connectivity index (χ1) is 7.44. The van der Waals surface area contributed by atoms with Gasteiger partial charge in [-0.05, 0) is 31.0 Å². The van der Waals surface area contributed by atoms with Gasteiger partial charge >= 0.3 is 0 Å². The standard InChI is InChI=1S/C10H13N3O2S/c1-6-4-7(2)9-8(5-6)12-10(11-3)13-16(9,14)15/h4-5H,1-3H3,(H2,11,12,13). The monoisotopic (exact) mass is 239 g/mol. The zero-order valence-corrected chi connectivity index (χ0v) is 10.1. The molecule has 0 radical (unpaired) electrons. The van der Waals surface area contributed by atoms with Crippen LogP contribution in [0.25, 0.3) is 0 Å². The SMILES string of the molecule is CN=C1Nc2cc(C)cc(C)c2S(=O)(=O)N1. The Balaban J connectivity index is 2.74. The predicted molar refractivity (Wildman–Crippen MR) is 63.2 cm³/mol. The van der Waals surface area contributed by atoms with Gasteiger partial charge in [0.1, 0.15) is 4.90 Å². The van der Waals surface area contributed by atoms with Gasteiger partial charge in [-0.15, -0.1) is 0 Å². The zero-order chi connectivity index (χ0) is 11.9. The first-order valence-electron chi connectivity index (χ1n) is 4.82. The van der Waals surface area contributed by atoms with Crippen molar-refractivity contribution in [2.45, 2.75) is 18.7 Å². The fourth-order valence-electron chi connectivity index (χ4n) is 1.84. The van der Waals surface area contributed by atoms with Crippen LogP contribution >= 0.6 is 0 Å². The highest BCUT2D eigenvalue weighted by molar-refractivity contribution is 7.90. The summed E-state index contributed by atoms with van der Waals surface area (Å²) in [4.78, 5) is 4.11. The lowest BCUT2D eigenvalue weighted by Crippen LogP contribution is -2.41. The molecule has 0 aromatic heterocycles. The summed E-state index contributed by atoms with van der Waals surface area (Å²) in [5.41, 5.74) is 2.32. The van der Waals surface area contributed by atoms with E-state index in [0.717, 1.165) is 11.1 Å². The summed E-state index contributed by atoms with van der Waals surface area (Å²) in [6, 6.07) is 3.64. The van der Waals surface area contributed by atoms with Gasteiger partial charge in [0.05, 0.1) is 5.69 Å². The molecule has 0 aliphatic carbocycles. The van der Waals surface area contributed by atoms with Gasteiger partial charge < -0.3 is 5.32 Å². The summed E-state index contributed by atoms with van der Waals surface area (Å²) < 4.78 is 26.3. The highest BCUT2D eigenvalue weighted by Gasteiger charge is 2.28. The molecule has 6 heteroatoms. The molecule has 0 atom stereocenters. The van der Waals surface area contributed by atoms with Gasteiger partial charge in [0.15, 0.2) is 0 Å². The van der Waals surface area contributed by atoms with Crippen molar-refractivity contribution in [2.24, 2.45) is 4.99 Å². The van der Waals surface area contributed by atoms with Gasteiger partial charge in [0, 0.05) is 7.05 Å². The minimum atomic E-state index is -3.49. The maximum Gasteiger partial charge on any atom is 0.266 e. The molecule has 16 heavy (non-hydrogen) atoms. The molecule has 0 saturated heterocycles. The summed E-state index contributed by atoms with van der Waals surface area (Å²) >= 11 is 0. The van der Waals surface area contributed by atoms with E-state index in [1.807, 2.05) is 13.0 Å². The van der Waals surface area contributed by atoms with Crippen LogP contribution in [0.3, 0.4) is 0 Å². The van der Waals surface area contributed by atoms with Gasteiger partial charge in [-0.25, -0.2) is 13.1 Å². The highest BCUT2D eigenvalue weighted by Crippen LogP contribution is 2.29. The number of fused-ring (bicyclic) bond motifs is 1. The Bertz CT molecular complexity index is 576. The third kappa shape index (κ3) is 1.65. The third-order valence-electron chi connectivity index (χ3n) is 2.40. The molecule has 1 aliphatic rings. The molecule has 5 nitrogen and oxygen atoms in total. The number of anilines is 1. The van der Waals surface area contributed by atoms with Crippen LogP contribution in [-0.2, 0) is 10.0 Å². The second kappa shape index (κ2) is 3.48. The maximum atomic E-state index is 11.9. The van der Waals surface area contributed by atoms with Crippen molar-refractivity contribution in [3.63, 3.8) is 0 Å². The summed E-state index contributed by atoms with van der Waals surface area (Å²) in [6.45, 7) is 3.70. The number of sulfonamides is 1. The van der Waals surface area contributed by atoms with Crippen molar-refractivity contribution < 1.29 is 8.42 Å². The molecule has 1 heterocycles. The molecule has 86 valence electrons. The smallest absolute Gasteiger partial charge is 0.266 e. The van der Waals surface area contributed by atoms with Crippen LogP contribution in [0, 0.1) is 13.8 Å². The second-order valence-corrected chi connectivity index (χ2v) is 5.38. The molecule has 0 unspecified atom stereocenters. The molecule has 2 rings (SSSR count). The van der Waals surface area contributed by atoms with Crippen molar-refractivity contribution in [3.8, 4) is 0 Å². The maximum absolute atomic E-state index is 11.9. The molecule has 0 bridgehead atoms. The van der Waals surface area contributed by atoms with Crippen molar-refractivity contribution >= 4 is 21.7 Å². The molecule has 1 aromatic rings. The first kappa shape index (κ1) is 10.9. The molecule has 0 amide bonds. The average molecular weight is 239 g/mol. The lowest BCUT2D eigenvalue weighted by atomic mass is 10.1. The van der Waals surface area contributed by atoms with Gasteiger partial charge in [0.25, 0.3) is 10.0 Å². The summed E-state index contributed by atoms with van der Waals surface area (Å²) in [5, 5.41) is 2.94. The molecule has 0 saturated carbocycles. The molecular formula is C10H13N3O2S. The van der Waals surface area contributed by atoms with Crippen LogP contribution in [0.2, 0.25) is 0 Å². The number of aryl methyl sites for hydroxylation is 2. The quantitative estimate of drug-likeness (QED) is 0.709. The Morgan fingerprint density at radius 1 is 1.25 bits per heavy atom. The molecule has 0 fully saturated rings. The number of rotatable bonds is 0. The fraction of sp³-hybridized carbons (Fsp3) is 0.300. The first-order valence-corrected chi connectivity index (χ1v) is 6.30. The second-order valence-electron chi connectivity index (χ2n) is 3.76. The Labute approximate surface area is 94.6 Å². The minimum absolute atomic E-state index is 0.248. The molecular weight excluding hydrogens is 226 g/mol. The number of nitrogens with zero attached hydrogens (tertiary/aromatic N) is 1. The summed E-state index contributed by atoms with van der Waals surface area (Å²) in [6.07, 6.45) is 0. The van der Waals surface area contributed by atoms with E-state index < -0.39 is 10.0 Å². The van der Waals surface area contributed by atoms with Crippen molar-refractivity contribution in [1.29, 1.82) is 0 Å². The lowest BCUT2D eigenvalue weighted by molar-refractivity contribution is 0.591. The van der Waals surface area contributed by atoms with Crippen LogP contribution in [0.15, 0.2) is 22.0 Å². The zero-order valence-electron chi connectivity index (χ0n) is 9.33. The average Bonchev–Trinajstić information content (AvgIpc) is 2.13. The van der Waals surface area contributed by atoms with E-state index in [-0.39, 0.29) is 5.96 Å². The fourth-order valence-corrected chi connectivity index (χ4v) is 3.22. The lowest BCUT2D eigenvalue weighted by Gasteiger charge is -2.23. The van der Waals surface area contributed by atoms with Crippen LogP contribution in [0.5, 0.6) is 0 Å². The van der Waals surface area contributed by atoms with Crippen molar-refractivity contribution in [2.75, 3.05) is 12.4 Å². The van der Waals surface area contributed by atoms with Crippen LogP contribution in [0.1, 0.15) is 11.1 Å². The summed E-state index contributed by atoms with van der Waals surface area (Å²) in [7, 11) is -1.97. The third-order valence-corrected chi connectivity index (χ3v) is 3.94. The molecule has 1 aliphatic heterocycles. The van der Waals surface area contributed by atoms with E-state index >= 15 is 0 Å². The van der Waals surface area contributed by atoms with E-state index in [0.29, 0.717) is 10.6 Å². The van der Waals surface area contributed by atoms with Crippen molar-refractivity contribution in [3.05, 3.63) is 23.3 Å². The molecule has 2 N–H and O–H groups in total.